The van der Waals surface area contributed by atoms with E-state index in [1.54, 1.807) is 0 Å². The van der Waals surface area contributed by atoms with E-state index < -0.39 is 67.3 Å². The Morgan fingerprint density at radius 2 is 1.53 bits per heavy atom. The number of nitrogens with zero attached hydrogens (tertiary/aromatic N) is 3. The van der Waals surface area contributed by atoms with Crippen LogP contribution in [0.15, 0.2) is 10.7 Å². The van der Waals surface area contributed by atoms with Crippen LogP contribution in [0.3, 0.4) is 0 Å². The number of carbonyl (C=O) groups excluding carboxylic acids is 5. The molecule has 1 amide bonds. The number of esters is 4. The SMILES string of the molecule is CC(=O)OC[C@H]1O[C@@H](OC(=O)Nc2c[n+](N3CCOCC3)no2)[C@H](OC(C)=O)[C@@H](OC(C)=O)[C@H]1OC(C)=O. The number of morpholine rings is 1. The van der Waals surface area contributed by atoms with Crippen LogP contribution in [0, 0.1) is 0 Å². The highest BCUT2D eigenvalue weighted by atomic mass is 16.8. The first-order valence-corrected chi connectivity index (χ1v) is 11.5. The standard InChI is InChI=1S/C21H28N4O13/c1-11(26)32-10-15-17(33-12(2)27)18(34-13(3)28)19(35-14(4)29)20(36-15)37-21(30)22-16-9-25(23-38-16)24-5-7-31-8-6-24/h9,15,17-20H,5-8,10H2,1-4H3/p+1/t15-,17+,18+,19-,20+/m1/s1. The van der Waals surface area contributed by atoms with Gasteiger partial charge in [-0.15, -0.1) is 5.01 Å². The topological polar surface area (TPSA) is 195 Å². The van der Waals surface area contributed by atoms with Gasteiger partial charge in [0.25, 0.3) is 6.20 Å². The minimum Gasteiger partial charge on any atom is -0.463 e. The second-order valence-corrected chi connectivity index (χ2v) is 8.15. The van der Waals surface area contributed by atoms with Crippen molar-refractivity contribution in [3.63, 3.8) is 0 Å². The Bertz CT molecular complexity index is 1020. The van der Waals surface area contributed by atoms with Crippen LogP contribution >= 0.6 is 0 Å². The summed E-state index contributed by atoms with van der Waals surface area (Å²) in [5.41, 5.74) is 0. The lowest BCUT2D eigenvalue weighted by Gasteiger charge is -2.43. The van der Waals surface area contributed by atoms with E-state index in [4.69, 9.17) is 37.7 Å². The summed E-state index contributed by atoms with van der Waals surface area (Å²) in [7, 11) is 0. The largest absolute Gasteiger partial charge is 0.463 e. The number of hydrogen-bond acceptors (Lipinski definition) is 15. The fraction of sp³-hybridized carbons (Fsp3) is 0.667. The van der Waals surface area contributed by atoms with E-state index in [2.05, 4.69) is 10.6 Å². The highest BCUT2D eigenvalue weighted by molar-refractivity contribution is 5.82. The summed E-state index contributed by atoms with van der Waals surface area (Å²) in [6.45, 7) is 5.97. The quantitative estimate of drug-likeness (QED) is 0.226. The molecule has 0 radical (unpaired) electrons. The van der Waals surface area contributed by atoms with Gasteiger partial charge in [-0.3, -0.25) is 29.0 Å². The summed E-state index contributed by atoms with van der Waals surface area (Å²) in [6.07, 6.45) is -7.12. The number of amides is 1. The van der Waals surface area contributed by atoms with Gasteiger partial charge in [-0.05, 0) is 0 Å². The minimum atomic E-state index is -1.69. The molecule has 0 bridgehead atoms. The lowest BCUT2D eigenvalue weighted by molar-refractivity contribution is -0.759. The molecule has 1 aromatic rings. The summed E-state index contributed by atoms with van der Waals surface area (Å²) in [6, 6.07) is 0. The summed E-state index contributed by atoms with van der Waals surface area (Å²) < 4.78 is 42.1. The van der Waals surface area contributed by atoms with Gasteiger partial charge in [0.05, 0.1) is 31.1 Å². The second kappa shape index (κ2) is 13.0. The Balaban J connectivity index is 1.80. The number of nitrogens with one attached hydrogen (secondary N) is 1. The fourth-order valence-electron chi connectivity index (χ4n) is 3.70. The first kappa shape index (κ1) is 28.6. The van der Waals surface area contributed by atoms with Crippen molar-refractivity contribution in [1.29, 1.82) is 0 Å². The number of carbonyl (C=O) groups is 5. The number of ether oxygens (including phenoxy) is 7. The molecule has 2 aliphatic rings. The van der Waals surface area contributed by atoms with Crippen molar-refractivity contribution in [3.05, 3.63) is 6.20 Å². The van der Waals surface area contributed by atoms with E-state index in [1.165, 1.54) is 11.0 Å². The maximum atomic E-state index is 12.7. The van der Waals surface area contributed by atoms with Crippen LogP contribution in [0.2, 0.25) is 0 Å². The number of rotatable bonds is 8. The third-order valence-electron chi connectivity index (χ3n) is 5.13. The minimum absolute atomic E-state index is 0.0906. The molecule has 1 aromatic heterocycles. The van der Waals surface area contributed by atoms with Crippen LogP contribution in [0.1, 0.15) is 27.7 Å². The van der Waals surface area contributed by atoms with Gasteiger partial charge < -0.3 is 33.2 Å². The first-order chi connectivity index (χ1) is 18.0. The first-order valence-electron chi connectivity index (χ1n) is 11.5. The smallest absolute Gasteiger partial charge is 0.416 e. The number of anilines is 1. The summed E-state index contributed by atoms with van der Waals surface area (Å²) in [5, 5.41) is 7.94. The molecule has 0 saturated carbocycles. The van der Waals surface area contributed by atoms with Crippen molar-refractivity contribution in [2.75, 3.05) is 43.2 Å². The van der Waals surface area contributed by atoms with Gasteiger partial charge in [0, 0.05) is 27.7 Å². The van der Waals surface area contributed by atoms with Gasteiger partial charge in [-0.1, -0.05) is 0 Å². The predicted molar refractivity (Wildman–Crippen MR) is 118 cm³/mol. The van der Waals surface area contributed by atoms with Crippen molar-refractivity contribution in [3.8, 4) is 0 Å². The summed E-state index contributed by atoms with van der Waals surface area (Å²) in [5.74, 6) is -3.23. The zero-order valence-corrected chi connectivity index (χ0v) is 21.1. The third kappa shape index (κ3) is 8.01. The van der Waals surface area contributed by atoms with Gasteiger partial charge >= 0.3 is 35.9 Å². The van der Waals surface area contributed by atoms with Crippen molar-refractivity contribution in [2.45, 2.75) is 58.4 Å². The molecule has 5 atom stereocenters. The van der Waals surface area contributed by atoms with Crippen molar-refractivity contribution in [2.24, 2.45) is 0 Å². The highest BCUT2D eigenvalue weighted by Gasteiger charge is 2.54. The lowest BCUT2D eigenvalue weighted by Crippen LogP contribution is -2.63. The van der Waals surface area contributed by atoms with Crippen molar-refractivity contribution >= 4 is 35.9 Å². The Morgan fingerprint density at radius 3 is 2.13 bits per heavy atom. The van der Waals surface area contributed by atoms with Crippen molar-refractivity contribution in [1.82, 2.24) is 5.27 Å². The molecule has 0 unspecified atom stereocenters. The molecular weight excluding hydrogens is 516 g/mol. The zero-order chi connectivity index (χ0) is 27.8. The normalized spacial score (nSPS) is 25.1. The average Bonchev–Trinajstić information content (AvgIpc) is 3.29. The molecular formula is C21H29N4O13+. The Kier molecular flexibility index (Phi) is 9.78. The Labute approximate surface area is 216 Å². The van der Waals surface area contributed by atoms with Gasteiger partial charge in [0.1, 0.15) is 12.7 Å². The maximum Gasteiger partial charge on any atom is 0.416 e. The average molecular weight is 545 g/mol. The van der Waals surface area contributed by atoms with Crippen LogP contribution in [0.4, 0.5) is 10.7 Å². The molecule has 3 rings (SSSR count). The molecule has 0 aliphatic carbocycles. The molecule has 0 spiro atoms. The predicted octanol–water partition coefficient (Wildman–Crippen LogP) is -1.44. The molecule has 17 heteroatoms. The molecule has 2 saturated heterocycles. The zero-order valence-electron chi connectivity index (χ0n) is 21.1. The molecule has 38 heavy (non-hydrogen) atoms. The fourth-order valence-corrected chi connectivity index (χ4v) is 3.70. The van der Waals surface area contributed by atoms with Crippen LogP contribution in [0.25, 0.3) is 0 Å². The molecule has 3 heterocycles. The van der Waals surface area contributed by atoms with E-state index in [-0.39, 0.29) is 5.88 Å². The Hall–Kier alpha value is -3.99. The summed E-state index contributed by atoms with van der Waals surface area (Å²) in [4.78, 5) is 61.0. The van der Waals surface area contributed by atoms with Gasteiger partial charge in [-0.25, -0.2) is 4.79 Å². The highest BCUT2D eigenvalue weighted by Crippen LogP contribution is 2.30. The summed E-state index contributed by atoms with van der Waals surface area (Å²) >= 11 is 0. The molecule has 0 aromatic carbocycles. The van der Waals surface area contributed by atoms with Gasteiger partial charge in [0.2, 0.25) is 17.7 Å². The van der Waals surface area contributed by atoms with E-state index >= 15 is 0 Å². The number of aromatic nitrogens is 2. The van der Waals surface area contributed by atoms with E-state index in [0.717, 1.165) is 27.7 Å². The molecule has 210 valence electrons. The van der Waals surface area contributed by atoms with Crippen molar-refractivity contribution < 1.29 is 66.4 Å². The van der Waals surface area contributed by atoms with E-state index in [1.807, 2.05) is 5.01 Å². The second-order valence-electron chi connectivity index (χ2n) is 8.15. The molecule has 2 fully saturated rings. The van der Waals surface area contributed by atoms with E-state index in [0.29, 0.717) is 26.3 Å². The van der Waals surface area contributed by atoms with Crippen LogP contribution in [0.5, 0.6) is 0 Å². The molecule has 17 nitrogen and oxygen atoms in total. The molecule has 2 aliphatic heterocycles. The maximum absolute atomic E-state index is 12.7. The van der Waals surface area contributed by atoms with Gasteiger partial charge in [0.15, 0.2) is 12.2 Å². The van der Waals surface area contributed by atoms with Gasteiger partial charge in [-0.2, -0.15) is 0 Å². The monoisotopic (exact) mass is 545 g/mol. The van der Waals surface area contributed by atoms with Crippen LogP contribution in [-0.4, -0.2) is 98.9 Å². The third-order valence-corrected chi connectivity index (χ3v) is 5.13. The Morgan fingerprint density at radius 1 is 0.921 bits per heavy atom. The van der Waals surface area contributed by atoms with Crippen LogP contribution < -0.4 is 15.1 Å². The molecule has 1 N–H and O–H groups in total. The van der Waals surface area contributed by atoms with Crippen LogP contribution in [-0.2, 0) is 52.3 Å². The van der Waals surface area contributed by atoms with E-state index in [9.17, 15) is 24.0 Å². The number of hydrogen-bond donors (Lipinski definition) is 1. The lowest BCUT2D eigenvalue weighted by atomic mass is 9.98.